The first-order valence-electron chi connectivity index (χ1n) is 7.85. The molecule has 138 valence electrons. The molecule has 0 amide bonds. The molecule has 0 saturated carbocycles. The zero-order valence-electron chi connectivity index (χ0n) is 13.8. The van der Waals surface area contributed by atoms with Gasteiger partial charge < -0.3 is 10.1 Å². The summed E-state index contributed by atoms with van der Waals surface area (Å²) in [6.45, 7) is -0.182. The highest BCUT2D eigenvalue weighted by molar-refractivity contribution is 6.37. The average molecular weight is 407 g/mol. The zero-order chi connectivity index (χ0) is 19.6. The molecule has 0 saturated heterocycles. The summed E-state index contributed by atoms with van der Waals surface area (Å²) in [5.41, 5.74) is 1.10. The molecule has 5 nitrogen and oxygen atoms in total. The lowest BCUT2D eigenvalue weighted by molar-refractivity contribution is 0.0988. The number of nitrogens with zero attached hydrogens (tertiary/aromatic N) is 1. The highest BCUT2D eigenvalue weighted by Gasteiger charge is 2.22. The van der Waals surface area contributed by atoms with E-state index in [9.17, 15) is 14.0 Å². The number of aliphatic hydroxyl groups is 1. The molecular weight excluding hydrogens is 394 g/mol. The maximum Gasteiger partial charge on any atom is 0.199 e. The van der Waals surface area contributed by atoms with E-state index < -0.39 is 11.6 Å². The van der Waals surface area contributed by atoms with Gasteiger partial charge in [-0.15, -0.1) is 0 Å². The van der Waals surface area contributed by atoms with Crippen LogP contribution >= 0.6 is 23.2 Å². The van der Waals surface area contributed by atoms with E-state index in [1.807, 2.05) is 0 Å². The van der Waals surface area contributed by atoms with Crippen molar-refractivity contribution in [2.24, 2.45) is 0 Å². The molecule has 3 aromatic rings. The number of hydrogen-bond donors (Lipinski definition) is 2. The lowest BCUT2D eigenvalue weighted by Crippen LogP contribution is -2.06. The van der Waals surface area contributed by atoms with Crippen LogP contribution in [0.1, 0.15) is 37.7 Å². The lowest BCUT2D eigenvalue weighted by Gasteiger charge is -2.05. The summed E-state index contributed by atoms with van der Waals surface area (Å²) in [4.78, 5) is 31.7. The van der Waals surface area contributed by atoms with Crippen LogP contribution in [0.5, 0.6) is 0 Å². The zero-order valence-corrected chi connectivity index (χ0v) is 15.3. The molecule has 27 heavy (non-hydrogen) atoms. The molecule has 2 N–H and O–H groups in total. The van der Waals surface area contributed by atoms with E-state index in [0.29, 0.717) is 11.3 Å². The maximum absolute atomic E-state index is 14.2. The maximum atomic E-state index is 14.2. The minimum Gasteiger partial charge on any atom is -0.390 e. The van der Waals surface area contributed by atoms with E-state index in [0.717, 1.165) is 0 Å². The monoisotopic (exact) mass is 406 g/mol. The van der Waals surface area contributed by atoms with E-state index in [-0.39, 0.29) is 45.7 Å². The Morgan fingerprint density at radius 2 is 1.89 bits per heavy atom. The predicted molar refractivity (Wildman–Crippen MR) is 98.8 cm³/mol. The summed E-state index contributed by atoms with van der Waals surface area (Å²) in [5.74, 6) is -1.85. The van der Waals surface area contributed by atoms with Gasteiger partial charge in [-0.25, -0.2) is 4.39 Å². The van der Waals surface area contributed by atoms with Gasteiger partial charge in [0.15, 0.2) is 17.4 Å². The minimum atomic E-state index is -0.904. The van der Waals surface area contributed by atoms with Crippen molar-refractivity contribution in [3.63, 3.8) is 0 Å². The van der Waals surface area contributed by atoms with Gasteiger partial charge in [0, 0.05) is 24.4 Å². The number of aliphatic hydroxyl groups excluding tert-OH is 1. The van der Waals surface area contributed by atoms with Crippen LogP contribution < -0.4 is 0 Å². The molecule has 2 aromatic heterocycles. The third-order valence-electron chi connectivity index (χ3n) is 3.93. The number of halogens is 3. The smallest absolute Gasteiger partial charge is 0.199 e. The normalized spacial score (nSPS) is 10.8. The fourth-order valence-corrected chi connectivity index (χ4v) is 2.89. The van der Waals surface area contributed by atoms with Crippen molar-refractivity contribution in [1.29, 1.82) is 0 Å². The fourth-order valence-electron chi connectivity index (χ4n) is 2.50. The molecule has 0 unspecified atom stereocenters. The lowest BCUT2D eigenvalue weighted by atomic mass is 10.0. The number of H-pyrrole nitrogens is 1. The van der Waals surface area contributed by atoms with Gasteiger partial charge in [-0.1, -0.05) is 29.3 Å². The highest BCUT2D eigenvalue weighted by atomic mass is 35.5. The van der Waals surface area contributed by atoms with Crippen LogP contribution in [0.2, 0.25) is 10.0 Å². The number of carbonyl (C=O) groups excluding carboxylic acids is 2. The number of nitrogens with one attached hydrogen (secondary N) is 1. The quantitative estimate of drug-likeness (QED) is 0.478. The summed E-state index contributed by atoms with van der Waals surface area (Å²) in [6.07, 6.45) is 2.87. The summed E-state index contributed by atoms with van der Waals surface area (Å²) in [7, 11) is 0. The van der Waals surface area contributed by atoms with E-state index in [4.69, 9.17) is 28.3 Å². The van der Waals surface area contributed by atoms with Crippen molar-refractivity contribution in [2.45, 2.75) is 13.0 Å². The van der Waals surface area contributed by atoms with Crippen LogP contribution in [0.3, 0.4) is 0 Å². The Balaban J connectivity index is 1.80. The van der Waals surface area contributed by atoms with Crippen molar-refractivity contribution in [3.8, 4) is 0 Å². The van der Waals surface area contributed by atoms with Crippen LogP contribution in [0, 0.1) is 5.82 Å². The summed E-state index contributed by atoms with van der Waals surface area (Å²) >= 11 is 11.6. The Labute approximate surface area is 163 Å². The molecule has 8 heteroatoms. The van der Waals surface area contributed by atoms with Crippen molar-refractivity contribution < 1.29 is 19.1 Å². The Kier molecular flexibility index (Phi) is 5.70. The average Bonchev–Trinajstić information content (AvgIpc) is 3.16. The molecule has 2 heterocycles. The summed E-state index contributed by atoms with van der Waals surface area (Å²) in [5, 5.41) is 8.70. The van der Waals surface area contributed by atoms with Gasteiger partial charge in [0.2, 0.25) is 0 Å². The summed E-state index contributed by atoms with van der Waals surface area (Å²) in [6, 6.07) is 7.25. The predicted octanol–water partition coefficient (Wildman–Crippen LogP) is 4.00. The number of carbonyl (C=O) groups is 2. The van der Waals surface area contributed by atoms with Gasteiger partial charge in [-0.2, -0.15) is 0 Å². The Morgan fingerprint density at radius 1 is 1.15 bits per heavy atom. The van der Waals surface area contributed by atoms with Crippen molar-refractivity contribution in [1.82, 2.24) is 9.97 Å². The van der Waals surface area contributed by atoms with Crippen molar-refractivity contribution in [2.75, 3.05) is 0 Å². The first-order chi connectivity index (χ1) is 12.9. The SMILES string of the molecule is O=C(Cc1ccc(CO)nc1)c1cc(C(=O)c2c(Cl)ccc(Cl)c2F)c[nH]1. The van der Waals surface area contributed by atoms with Crippen molar-refractivity contribution >= 4 is 34.8 Å². The van der Waals surface area contributed by atoms with E-state index >= 15 is 0 Å². The van der Waals surface area contributed by atoms with Gasteiger partial charge in [0.05, 0.1) is 33.6 Å². The largest absolute Gasteiger partial charge is 0.390 e. The topological polar surface area (TPSA) is 83.0 Å². The van der Waals surface area contributed by atoms with Gasteiger partial charge >= 0.3 is 0 Å². The third kappa shape index (κ3) is 4.08. The van der Waals surface area contributed by atoms with Gasteiger partial charge in [0.1, 0.15) is 0 Å². The number of benzene rings is 1. The van der Waals surface area contributed by atoms with E-state index in [1.54, 1.807) is 12.1 Å². The number of ketones is 2. The molecule has 0 bridgehead atoms. The van der Waals surface area contributed by atoms with Crippen molar-refractivity contribution in [3.05, 3.63) is 86.7 Å². The standard InChI is InChI=1S/C19H13Cl2FN2O3/c20-13-3-4-14(21)18(22)17(13)19(27)11-6-15(24-8-11)16(26)5-10-1-2-12(9-25)23-7-10/h1-4,6-8,24-25H,5,9H2. The molecule has 0 spiro atoms. The molecule has 3 rings (SSSR count). The molecule has 0 fully saturated rings. The van der Waals surface area contributed by atoms with Crippen LogP contribution in [-0.2, 0) is 13.0 Å². The molecular formula is C19H13Cl2FN2O3. The molecule has 0 aliphatic carbocycles. The van der Waals surface area contributed by atoms with Gasteiger partial charge in [-0.3, -0.25) is 14.6 Å². The number of rotatable bonds is 6. The molecule has 0 aliphatic rings. The van der Waals surface area contributed by atoms with Crippen LogP contribution in [0.4, 0.5) is 4.39 Å². The minimum absolute atomic E-state index is 0.0547. The fraction of sp³-hybridized carbons (Fsp3) is 0.105. The first-order valence-corrected chi connectivity index (χ1v) is 8.60. The van der Waals surface area contributed by atoms with Gasteiger partial charge in [-0.05, 0) is 29.8 Å². The van der Waals surface area contributed by atoms with Gasteiger partial charge in [0.25, 0.3) is 0 Å². The number of Topliss-reactive ketones (excluding diaryl/α,β-unsaturated/α-hetero) is 1. The number of hydrogen-bond acceptors (Lipinski definition) is 4. The third-order valence-corrected chi connectivity index (χ3v) is 4.54. The second-order valence-electron chi connectivity index (χ2n) is 5.77. The van der Waals surface area contributed by atoms with E-state index in [2.05, 4.69) is 9.97 Å². The van der Waals surface area contributed by atoms with E-state index in [1.165, 1.54) is 30.6 Å². The highest BCUT2D eigenvalue weighted by Crippen LogP contribution is 2.28. The molecule has 0 radical (unpaired) electrons. The molecule has 0 aliphatic heterocycles. The Morgan fingerprint density at radius 3 is 2.56 bits per heavy atom. The number of pyridine rings is 1. The number of aromatic amines is 1. The second-order valence-corrected chi connectivity index (χ2v) is 6.58. The molecule has 0 atom stereocenters. The number of aromatic nitrogens is 2. The van der Waals surface area contributed by atoms with Crippen LogP contribution in [0.25, 0.3) is 0 Å². The first kappa shape index (κ1) is 19.2. The summed E-state index contributed by atoms with van der Waals surface area (Å²) < 4.78 is 14.2. The molecule has 1 aromatic carbocycles. The Bertz CT molecular complexity index is 1020. The Hall–Kier alpha value is -2.54. The van der Waals surface area contributed by atoms with Crippen LogP contribution in [-0.4, -0.2) is 26.6 Å². The second kappa shape index (κ2) is 8.00. The van der Waals surface area contributed by atoms with Crippen LogP contribution in [0.15, 0.2) is 42.7 Å².